The molecule has 1 aromatic heterocycles. The van der Waals surface area contributed by atoms with Crippen molar-refractivity contribution in [2.45, 2.75) is 19.8 Å². The van der Waals surface area contributed by atoms with Gasteiger partial charge in [-0.05, 0) is 49.6 Å². The number of rotatable bonds is 4. The molecule has 2 aromatic rings. The summed E-state index contributed by atoms with van der Waals surface area (Å²) in [7, 11) is 1.58. The number of aryl methyl sites for hydroxylation is 1. The summed E-state index contributed by atoms with van der Waals surface area (Å²) >= 11 is 5.80. The number of piperidine rings is 1. The molecule has 1 unspecified atom stereocenters. The number of hydrogen-bond acceptors (Lipinski definition) is 5. The minimum absolute atomic E-state index is 0.0567. The summed E-state index contributed by atoms with van der Waals surface area (Å²) in [5.74, 6) is 0.309. The van der Waals surface area contributed by atoms with Gasteiger partial charge in [0.25, 0.3) is 5.91 Å². The van der Waals surface area contributed by atoms with Crippen LogP contribution in [0.2, 0.25) is 5.15 Å². The molecule has 2 heterocycles. The summed E-state index contributed by atoms with van der Waals surface area (Å²) in [4.78, 5) is 26.7. The van der Waals surface area contributed by atoms with Gasteiger partial charge in [-0.1, -0.05) is 17.7 Å². The van der Waals surface area contributed by atoms with Gasteiger partial charge in [0, 0.05) is 31.4 Å². The Kier molecular flexibility index (Phi) is 5.91. The van der Waals surface area contributed by atoms with Crippen molar-refractivity contribution < 1.29 is 9.59 Å². The van der Waals surface area contributed by atoms with Gasteiger partial charge >= 0.3 is 0 Å². The van der Waals surface area contributed by atoms with Gasteiger partial charge in [-0.3, -0.25) is 9.59 Å². The molecular formula is C19H22ClN5O2. The lowest BCUT2D eigenvalue weighted by Crippen LogP contribution is -2.41. The first-order chi connectivity index (χ1) is 13.0. The molecule has 1 saturated heterocycles. The number of benzene rings is 1. The van der Waals surface area contributed by atoms with E-state index in [1.54, 1.807) is 25.2 Å². The van der Waals surface area contributed by atoms with E-state index in [1.165, 1.54) is 0 Å². The van der Waals surface area contributed by atoms with Crippen LogP contribution in [0.1, 0.15) is 28.8 Å². The predicted octanol–water partition coefficient (Wildman–Crippen LogP) is 2.65. The third-order valence-corrected chi connectivity index (χ3v) is 4.92. The quantitative estimate of drug-likeness (QED) is 0.842. The maximum atomic E-state index is 12.8. The number of nitrogens with zero attached hydrogens (tertiary/aromatic N) is 3. The molecule has 1 fully saturated rings. The summed E-state index contributed by atoms with van der Waals surface area (Å²) in [6.45, 7) is 3.29. The Morgan fingerprint density at radius 3 is 2.74 bits per heavy atom. The molecule has 0 radical (unpaired) electrons. The minimum Gasteiger partial charge on any atom is -0.355 e. The van der Waals surface area contributed by atoms with E-state index < -0.39 is 0 Å². The van der Waals surface area contributed by atoms with Crippen LogP contribution in [-0.2, 0) is 4.79 Å². The Morgan fingerprint density at radius 2 is 2.04 bits per heavy atom. The summed E-state index contributed by atoms with van der Waals surface area (Å²) in [5, 5.41) is 13.9. The molecule has 0 aliphatic carbocycles. The highest BCUT2D eigenvalue weighted by Crippen LogP contribution is 2.24. The molecule has 7 nitrogen and oxygen atoms in total. The number of anilines is 2. The van der Waals surface area contributed by atoms with E-state index in [9.17, 15) is 9.59 Å². The molecule has 8 heteroatoms. The molecule has 0 spiro atoms. The van der Waals surface area contributed by atoms with Crippen molar-refractivity contribution >= 4 is 34.9 Å². The minimum atomic E-state index is -0.185. The Hall–Kier alpha value is -2.67. The van der Waals surface area contributed by atoms with Crippen molar-refractivity contribution in [2.75, 3.05) is 30.4 Å². The van der Waals surface area contributed by atoms with Crippen LogP contribution in [0.4, 0.5) is 11.5 Å². The van der Waals surface area contributed by atoms with Crippen LogP contribution in [0.25, 0.3) is 0 Å². The van der Waals surface area contributed by atoms with Gasteiger partial charge in [-0.15, -0.1) is 10.2 Å². The van der Waals surface area contributed by atoms with Crippen LogP contribution in [0.15, 0.2) is 30.3 Å². The van der Waals surface area contributed by atoms with Crippen LogP contribution >= 0.6 is 11.6 Å². The largest absolute Gasteiger partial charge is 0.355 e. The summed E-state index contributed by atoms with van der Waals surface area (Å²) in [5.41, 5.74) is 2.08. The van der Waals surface area contributed by atoms with Crippen molar-refractivity contribution in [3.8, 4) is 0 Å². The summed E-state index contributed by atoms with van der Waals surface area (Å²) in [6, 6.07) is 8.78. The molecule has 1 aromatic carbocycles. The number of hydrogen-bond donors (Lipinski definition) is 2. The van der Waals surface area contributed by atoms with Crippen LogP contribution in [-0.4, -0.2) is 42.1 Å². The van der Waals surface area contributed by atoms with E-state index in [2.05, 4.69) is 20.8 Å². The summed E-state index contributed by atoms with van der Waals surface area (Å²) in [6.07, 6.45) is 1.69. The number of aromatic nitrogens is 2. The van der Waals surface area contributed by atoms with Gasteiger partial charge in [0.2, 0.25) is 5.91 Å². The lowest BCUT2D eigenvalue weighted by molar-refractivity contribution is -0.120. The van der Waals surface area contributed by atoms with E-state index in [0.717, 1.165) is 30.8 Å². The lowest BCUT2D eigenvalue weighted by atomic mass is 9.96. The van der Waals surface area contributed by atoms with Gasteiger partial charge in [-0.25, -0.2) is 0 Å². The topological polar surface area (TPSA) is 87.2 Å². The first-order valence-corrected chi connectivity index (χ1v) is 9.23. The number of amides is 2. The zero-order valence-corrected chi connectivity index (χ0v) is 16.1. The number of carbonyl (C=O) groups excluding carboxylic acids is 2. The molecular weight excluding hydrogens is 366 g/mol. The fraction of sp³-hybridized carbons (Fsp3) is 0.368. The zero-order chi connectivity index (χ0) is 19.4. The van der Waals surface area contributed by atoms with Crippen molar-refractivity contribution in [1.82, 2.24) is 15.5 Å². The fourth-order valence-corrected chi connectivity index (χ4v) is 3.25. The molecule has 0 saturated carbocycles. The molecule has 2 amide bonds. The SMILES string of the molecule is CNC(=O)c1ccc(C)c(NC(=O)C2CCCN(c3ccc(Cl)nn3)C2)c1. The highest BCUT2D eigenvalue weighted by molar-refractivity contribution is 6.29. The van der Waals surface area contributed by atoms with Crippen molar-refractivity contribution in [3.63, 3.8) is 0 Å². The van der Waals surface area contributed by atoms with Crippen LogP contribution in [0.3, 0.4) is 0 Å². The number of carbonyl (C=O) groups is 2. The normalized spacial score (nSPS) is 16.7. The highest BCUT2D eigenvalue weighted by Gasteiger charge is 2.27. The monoisotopic (exact) mass is 387 g/mol. The van der Waals surface area contributed by atoms with Gasteiger partial charge in [-0.2, -0.15) is 0 Å². The second-order valence-corrected chi connectivity index (χ2v) is 6.98. The molecule has 1 aliphatic rings. The van der Waals surface area contributed by atoms with Crippen LogP contribution in [0, 0.1) is 12.8 Å². The number of nitrogens with one attached hydrogen (secondary N) is 2. The molecule has 1 aliphatic heterocycles. The van der Waals surface area contributed by atoms with Gasteiger partial charge in [0.15, 0.2) is 11.0 Å². The average molecular weight is 388 g/mol. The number of halogens is 1. The predicted molar refractivity (Wildman–Crippen MR) is 105 cm³/mol. The molecule has 1 atom stereocenters. The third-order valence-electron chi connectivity index (χ3n) is 4.72. The smallest absolute Gasteiger partial charge is 0.251 e. The summed E-state index contributed by atoms with van der Waals surface area (Å²) < 4.78 is 0. The Morgan fingerprint density at radius 1 is 1.22 bits per heavy atom. The van der Waals surface area contributed by atoms with Gasteiger partial charge in [0.1, 0.15) is 0 Å². The van der Waals surface area contributed by atoms with Gasteiger partial charge in [0.05, 0.1) is 5.92 Å². The van der Waals surface area contributed by atoms with Crippen LogP contribution < -0.4 is 15.5 Å². The Balaban J connectivity index is 1.70. The van der Waals surface area contributed by atoms with E-state index >= 15 is 0 Å². The second-order valence-electron chi connectivity index (χ2n) is 6.60. The van der Waals surface area contributed by atoms with Crippen molar-refractivity contribution in [3.05, 3.63) is 46.6 Å². The van der Waals surface area contributed by atoms with E-state index in [0.29, 0.717) is 22.9 Å². The molecule has 142 valence electrons. The van der Waals surface area contributed by atoms with Gasteiger partial charge < -0.3 is 15.5 Å². The molecule has 3 rings (SSSR count). The standard InChI is InChI=1S/C19H22ClN5O2/c1-12-5-6-13(18(26)21-2)10-15(12)22-19(27)14-4-3-9-25(11-14)17-8-7-16(20)23-24-17/h5-8,10,14H,3-4,9,11H2,1-2H3,(H,21,26)(H,22,27). The third kappa shape index (κ3) is 4.54. The van der Waals surface area contributed by atoms with Crippen molar-refractivity contribution in [1.29, 1.82) is 0 Å². The first-order valence-electron chi connectivity index (χ1n) is 8.85. The van der Waals surface area contributed by atoms with Crippen LogP contribution in [0.5, 0.6) is 0 Å². The van der Waals surface area contributed by atoms with E-state index in [1.807, 2.05) is 24.0 Å². The van der Waals surface area contributed by atoms with E-state index in [-0.39, 0.29) is 17.7 Å². The maximum Gasteiger partial charge on any atom is 0.251 e. The Labute approximate surface area is 163 Å². The first kappa shape index (κ1) is 19.1. The lowest BCUT2D eigenvalue weighted by Gasteiger charge is -2.32. The molecule has 0 bridgehead atoms. The maximum absolute atomic E-state index is 12.8. The molecule has 27 heavy (non-hydrogen) atoms. The van der Waals surface area contributed by atoms with E-state index in [4.69, 9.17) is 11.6 Å². The second kappa shape index (κ2) is 8.35. The van der Waals surface area contributed by atoms with Crippen molar-refractivity contribution in [2.24, 2.45) is 5.92 Å². The molecule has 2 N–H and O–H groups in total. The zero-order valence-electron chi connectivity index (χ0n) is 15.3. The average Bonchev–Trinajstić information content (AvgIpc) is 2.69. The highest BCUT2D eigenvalue weighted by atomic mass is 35.5. The Bertz CT molecular complexity index is 840. The fourth-order valence-electron chi connectivity index (χ4n) is 3.15.